The van der Waals surface area contributed by atoms with Crippen molar-refractivity contribution in [3.05, 3.63) is 95.6 Å². The van der Waals surface area contributed by atoms with E-state index in [1.807, 2.05) is 48.5 Å². The first kappa shape index (κ1) is 17.8. The summed E-state index contributed by atoms with van der Waals surface area (Å²) < 4.78 is 5.89. The maximum Gasteiger partial charge on any atom is 0.313 e. The zero-order valence-corrected chi connectivity index (χ0v) is 15.3. The second-order valence-electron chi connectivity index (χ2n) is 6.75. The van der Waals surface area contributed by atoms with Crippen molar-refractivity contribution in [3.8, 4) is 11.5 Å². The van der Waals surface area contributed by atoms with Crippen molar-refractivity contribution in [3.63, 3.8) is 0 Å². The van der Waals surface area contributed by atoms with E-state index < -0.39 is 17.9 Å². The number of carboxylic acids is 1. The van der Waals surface area contributed by atoms with Crippen molar-refractivity contribution in [1.82, 2.24) is 4.90 Å². The Labute approximate surface area is 162 Å². The Morgan fingerprint density at radius 1 is 0.929 bits per heavy atom. The van der Waals surface area contributed by atoms with E-state index in [4.69, 9.17) is 4.74 Å². The maximum atomic E-state index is 12.8. The molecule has 140 valence electrons. The van der Waals surface area contributed by atoms with Gasteiger partial charge < -0.3 is 14.7 Å². The van der Waals surface area contributed by atoms with Crippen LogP contribution in [0.4, 0.5) is 0 Å². The van der Waals surface area contributed by atoms with E-state index in [9.17, 15) is 14.7 Å². The van der Waals surface area contributed by atoms with E-state index in [1.54, 1.807) is 37.4 Å². The number of amides is 1. The van der Waals surface area contributed by atoms with Crippen molar-refractivity contribution in [1.29, 1.82) is 0 Å². The summed E-state index contributed by atoms with van der Waals surface area (Å²) in [7, 11) is 1.64. The van der Waals surface area contributed by atoms with Crippen molar-refractivity contribution >= 4 is 11.9 Å². The quantitative estimate of drug-likeness (QED) is 0.732. The third-order valence-corrected chi connectivity index (χ3v) is 5.02. The smallest absolute Gasteiger partial charge is 0.313 e. The fourth-order valence-electron chi connectivity index (χ4n) is 3.74. The number of hydrogen-bond acceptors (Lipinski definition) is 3. The Hall–Kier alpha value is -3.60. The summed E-state index contributed by atoms with van der Waals surface area (Å²) in [5, 5.41) is 9.96. The van der Waals surface area contributed by atoms with Gasteiger partial charge >= 0.3 is 5.97 Å². The number of carboxylic acid groups (broad SMARTS) is 1. The molecule has 2 unspecified atom stereocenters. The predicted octanol–water partition coefficient (Wildman–Crippen LogP) is 4.47. The molecule has 0 bridgehead atoms. The Morgan fingerprint density at radius 3 is 2.36 bits per heavy atom. The molecule has 4 rings (SSSR count). The first-order valence-corrected chi connectivity index (χ1v) is 8.98. The molecule has 3 aromatic carbocycles. The first-order chi connectivity index (χ1) is 13.6. The predicted molar refractivity (Wildman–Crippen MR) is 105 cm³/mol. The molecular formula is C23H19NO4. The molecule has 5 heteroatoms. The number of fused-ring (bicyclic) bond motifs is 1. The molecule has 0 aliphatic carbocycles. The number of ether oxygens (including phenoxy) is 1. The zero-order valence-electron chi connectivity index (χ0n) is 15.3. The Kier molecular flexibility index (Phi) is 4.57. The SMILES string of the molecule is CN1C(=O)c2ccccc2C(C(=O)O)C1c1cccc(Oc2ccccc2)c1. The fourth-order valence-corrected chi connectivity index (χ4v) is 3.74. The van der Waals surface area contributed by atoms with Crippen LogP contribution in [0.3, 0.4) is 0 Å². The van der Waals surface area contributed by atoms with Gasteiger partial charge in [0.25, 0.3) is 5.91 Å². The third-order valence-electron chi connectivity index (χ3n) is 5.02. The average Bonchev–Trinajstić information content (AvgIpc) is 2.71. The van der Waals surface area contributed by atoms with Crippen LogP contribution < -0.4 is 4.74 Å². The topological polar surface area (TPSA) is 66.8 Å². The summed E-state index contributed by atoms with van der Waals surface area (Å²) >= 11 is 0. The van der Waals surface area contributed by atoms with Crippen molar-refractivity contribution in [2.75, 3.05) is 7.05 Å². The van der Waals surface area contributed by atoms with Gasteiger partial charge in [0.2, 0.25) is 0 Å². The number of hydrogen-bond donors (Lipinski definition) is 1. The maximum absolute atomic E-state index is 12.8. The molecule has 0 radical (unpaired) electrons. The minimum atomic E-state index is -0.966. The molecule has 0 saturated heterocycles. The molecule has 0 saturated carbocycles. The lowest BCUT2D eigenvalue weighted by molar-refractivity contribution is -0.140. The number of benzene rings is 3. The number of para-hydroxylation sites is 1. The van der Waals surface area contributed by atoms with Gasteiger partial charge in [0.15, 0.2) is 0 Å². The highest BCUT2D eigenvalue weighted by molar-refractivity contribution is 6.00. The lowest BCUT2D eigenvalue weighted by atomic mass is 9.80. The van der Waals surface area contributed by atoms with Crippen molar-refractivity contribution < 1.29 is 19.4 Å². The van der Waals surface area contributed by atoms with Gasteiger partial charge in [0.1, 0.15) is 17.4 Å². The summed E-state index contributed by atoms with van der Waals surface area (Å²) in [6.07, 6.45) is 0. The van der Waals surface area contributed by atoms with Crippen LogP contribution >= 0.6 is 0 Å². The molecule has 1 aliphatic rings. The van der Waals surface area contributed by atoms with Gasteiger partial charge in [-0.3, -0.25) is 9.59 Å². The number of carbonyl (C=O) groups excluding carboxylic acids is 1. The van der Waals surface area contributed by atoms with E-state index in [0.717, 1.165) is 0 Å². The number of likely N-dealkylation sites (N-methyl/N-ethyl adjacent to an activating group) is 1. The fraction of sp³-hybridized carbons (Fsp3) is 0.130. The Bertz CT molecular complexity index is 1030. The number of carbonyl (C=O) groups is 2. The molecule has 0 spiro atoms. The molecular weight excluding hydrogens is 354 g/mol. The van der Waals surface area contributed by atoms with Crippen LogP contribution in [0, 0.1) is 0 Å². The minimum absolute atomic E-state index is 0.188. The van der Waals surface area contributed by atoms with Gasteiger partial charge in [-0.25, -0.2) is 0 Å². The molecule has 1 N–H and O–H groups in total. The standard InChI is InChI=1S/C23H19NO4/c1-24-21(20(23(26)27)18-12-5-6-13-19(18)22(24)25)15-8-7-11-17(14-15)28-16-9-3-2-4-10-16/h2-14,20-21H,1H3,(H,26,27). The minimum Gasteiger partial charge on any atom is -0.481 e. The van der Waals surface area contributed by atoms with Crippen LogP contribution in [-0.4, -0.2) is 28.9 Å². The van der Waals surface area contributed by atoms with Crippen molar-refractivity contribution in [2.45, 2.75) is 12.0 Å². The summed E-state index contributed by atoms with van der Waals surface area (Å²) in [5.41, 5.74) is 1.69. The van der Waals surface area contributed by atoms with Crippen LogP contribution in [0.25, 0.3) is 0 Å². The van der Waals surface area contributed by atoms with Crippen molar-refractivity contribution in [2.24, 2.45) is 0 Å². The number of aliphatic carboxylic acids is 1. The molecule has 1 aliphatic heterocycles. The van der Waals surface area contributed by atoms with Crippen LogP contribution in [0.2, 0.25) is 0 Å². The highest BCUT2D eigenvalue weighted by Gasteiger charge is 2.42. The zero-order chi connectivity index (χ0) is 19.7. The Balaban J connectivity index is 1.76. The summed E-state index contributed by atoms with van der Waals surface area (Å²) in [6.45, 7) is 0. The van der Waals surface area contributed by atoms with Gasteiger partial charge in [0, 0.05) is 12.6 Å². The van der Waals surface area contributed by atoms with E-state index in [0.29, 0.717) is 28.2 Å². The highest BCUT2D eigenvalue weighted by Crippen LogP contribution is 2.42. The first-order valence-electron chi connectivity index (χ1n) is 8.98. The lowest BCUT2D eigenvalue weighted by Gasteiger charge is -2.38. The third kappa shape index (κ3) is 3.11. The normalized spacial score (nSPS) is 18.5. The van der Waals surface area contributed by atoms with E-state index in [1.165, 1.54) is 4.90 Å². The van der Waals surface area contributed by atoms with Crippen LogP contribution in [0.1, 0.15) is 33.4 Å². The molecule has 2 atom stereocenters. The monoisotopic (exact) mass is 373 g/mol. The second kappa shape index (κ2) is 7.19. The van der Waals surface area contributed by atoms with Crippen LogP contribution in [0.15, 0.2) is 78.9 Å². The second-order valence-corrected chi connectivity index (χ2v) is 6.75. The summed E-state index contributed by atoms with van der Waals surface area (Å²) in [4.78, 5) is 26.5. The molecule has 3 aromatic rings. The molecule has 1 heterocycles. The van der Waals surface area contributed by atoms with Crippen LogP contribution in [0.5, 0.6) is 11.5 Å². The largest absolute Gasteiger partial charge is 0.481 e. The van der Waals surface area contributed by atoms with Gasteiger partial charge in [0.05, 0.1) is 6.04 Å². The summed E-state index contributed by atoms with van der Waals surface area (Å²) in [6, 6.07) is 22.9. The molecule has 1 amide bonds. The number of rotatable bonds is 4. The molecule has 0 aromatic heterocycles. The highest BCUT2D eigenvalue weighted by atomic mass is 16.5. The lowest BCUT2D eigenvalue weighted by Crippen LogP contribution is -2.42. The average molecular weight is 373 g/mol. The Morgan fingerprint density at radius 2 is 1.61 bits per heavy atom. The molecule has 5 nitrogen and oxygen atoms in total. The van der Waals surface area contributed by atoms with Gasteiger partial charge in [-0.15, -0.1) is 0 Å². The van der Waals surface area contributed by atoms with E-state index >= 15 is 0 Å². The summed E-state index contributed by atoms with van der Waals surface area (Å²) in [5.74, 6) is -0.732. The van der Waals surface area contributed by atoms with E-state index in [2.05, 4.69) is 0 Å². The molecule has 28 heavy (non-hydrogen) atoms. The molecule has 0 fully saturated rings. The number of nitrogens with zero attached hydrogens (tertiary/aromatic N) is 1. The van der Waals surface area contributed by atoms with E-state index in [-0.39, 0.29) is 5.91 Å². The van der Waals surface area contributed by atoms with Gasteiger partial charge in [-0.1, -0.05) is 48.5 Å². The van der Waals surface area contributed by atoms with Gasteiger partial charge in [-0.05, 0) is 41.5 Å². The van der Waals surface area contributed by atoms with Gasteiger partial charge in [-0.2, -0.15) is 0 Å². The van der Waals surface area contributed by atoms with Crippen LogP contribution in [-0.2, 0) is 4.79 Å².